The van der Waals surface area contributed by atoms with E-state index in [1.54, 1.807) is 0 Å². The van der Waals surface area contributed by atoms with E-state index in [-0.39, 0.29) is 11.1 Å². The molecule has 1 heterocycles. The monoisotopic (exact) mass is 645 g/mol. The Morgan fingerprint density at radius 2 is 1.50 bits per heavy atom. The molecule has 5 rings (SSSR count). The average Bonchev–Trinajstić information content (AvgIpc) is 3.02. The summed E-state index contributed by atoms with van der Waals surface area (Å²) in [4.78, 5) is 4.54. The molecule has 0 bridgehead atoms. The fourth-order valence-electron chi connectivity index (χ4n) is 6.12. The molecule has 0 radical (unpaired) electrons. The van der Waals surface area contributed by atoms with Crippen LogP contribution in [0.2, 0.25) is 0 Å². The fraction of sp³-hybridized carbons (Fsp3) is 0.361. The van der Waals surface area contributed by atoms with Crippen molar-refractivity contribution < 1.29 is 40.2 Å². The van der Waals surface area contributed by atoms with Gasteiger partial charge in [-0.1, -0.05) is 50.8 Å². The highest BCUT2D eigenvalue weighted by Gasteiger charge is 2.41. The molecule has 1 aromatic heterocycles. The molecule has 3 aromatic carbocycles. The zero-order valence-electron chi connectivity index (χ0n) is 25.3. The molecule has 1 saturated carbocycles. The van der Waals surface area contributed by atoms with Crippen LogP contribution < -0.4 is 9.47 Å². The number of rotatable bonds is 12. The molecular formula is C36H34F7NO2. The number of hydrogen-bond acceptors (Lipinski definition) is 3. The molecule has 0 amide bonds. The van der Waals surface area contributed by atoms with Crippen LogP contribution in [0.5, 0.6) is 11.5 Å². The standard InChI is InChI=1S/C36H34F7NO2/c1-2-3-4-5-22-6-8-23(9-7-22)25-11-14-33(44-20-25)24-10-13-28(29(38)16-24)26-17-31(40)35(32(41)18-26)36(42,43)46-27-12-15-34(45-21-37)30(39)19-27/h10-20,22-23H,2-9,21H2,1H3. The number of nitrogens with zero attached hydrogens (tertiary/aromatic N) is 1. The van der Waals surface area contributed by atoms with Crippen LogP contribution in [-0.4, -0.2) is 11.8 Å². The molecule has 0 aliphatic heterocycles. The van der Waals surface area contributed by atoms with Crippen LogP contribution in [0.1, 0.15) is 75.3 Å². The number of benzene rings is 3. The van der Waals surface area contributed by atoms with E-state index in [0.29, 0.717) is 35.4 Å². The zero-order chi connectivity index (χ0) is 32.8. The number of halogens is 7. The van der Waals surface area contributed by atoms with E-state index in [0.717, 1.165) is 36.5 Å². The largest absolute Gasteiger partial charge is 0.460 e. The van der Waals surface area contributed by atoms with E-state index >= 15 is 4.39 Å². The summed E-state index contributed by atoms with van der Waals surface area (Å²) in [5, 5.41) is 0. The Kier molecular flexibility index (Phi) is 10.5. The number of ether oxygens (including phenoxy) is 2. The number of alkyl halides is 3. The highest BCUT2D eigenvalue weighted by atomic mass is 19.3. The molecule has 0 saturated heterocycles. The van der Waals surface area contributed by atoms with Crippen molar-refractivity contribution in [3.8, 4) is 33.9 Å². The summed E-state index contributed by atoms with van der Waals surface area (Å²) in [5.74, 6) is -5.57. The van der Waals surface area contributed by atoms with Gasteiger partial charge < -0.3 is 9.47 Å². The number of unbranched alkanes of at least 4 members (excludes halogenated alkanes) is 2. The minimum Gasteiger partial charge on any atom is -0.460 e. The van der Waals surface area contributed by atoms with Crippen LogP contribution in [0.25, 0.3) is 22.4 Å². The van der Waals surface area contributed by atoms with Crippen molar-refractivity contribution in [3.05, 3.63) is 101 Å². The molecule has 4 aromatic rings. The highest BCUT2D eigenvalue weighted by molar-refractivity contribution is 5.70. The summed E-state index contributed by atoms with van der Waals surface area (Å²) in [6.07, 6.45) is 6.99. The van der Waals surface area contributed by atoms with E-state index < -0.39 is 53.3 Å². The van der Waals surface area contributed by atoms with Gasteiger partial charge in [-0.3, -0.25) is 4.98 Å². The molecule has 46 heavy (non-hydrogen) atoms. The zero-order valence-corrected chi connectivity index (χ0v) is 25.3. The molecule has 1 aliphatic rings. The van der Waals surface area contributed by atoms with Gasteiger partial charge >= 0.3 is 6.11 Å². The lowest BCUT2D eigenvalue weighted by molar-refractivity contribution is -0.189. The van der Waals surface area contributed by atoms with Crippen LogP contribution >= 0.6 is 0 Å². The van der Waals surface area contributed by atoms with Crippen molar-refractivity contribution in [2.75, 3.05) is 6.86 Å². The maximum absolute atomic E-state index is 15.2. The summed E-state index contributed by atoms with van der Waals surface area (Å²) in [6.45, 7) is 0.856. The second-order valence-corrected chi connectivity index (χ2v) is 11.7. The van der Waals surface area contributed by atoms with Crippen LogP contribution in [0.3, 0.4) is 0 Å². The van der Waals surface area contributed by atoms with Gasteiger partial charge in [0.2, 0.25) is 6.86 Å². The van der Waals surface area contributed by atoms with Crippen molar-refractivity contribution in [1.29, 1.82) is 0 Å². The topological polar surface area (TPSA) is 31.4 Å². The fourth-order valence-corrected chi connectivity index (χ4v) is 6.12. The molecule has 0 N–H and O–H groups in total. The molecule has 0 unspecified atom stereocenters. The van der Waals surface area contributed by atoms with Crippen LogP contribution in [0.4, 0.5) is 30.7 Å². The van der Waals surface area contributed by atoms with Crippen LogP contribution in [0, 0.1) is 29.2 Å². The molecule has 10 heteroatoms. The van der Waals surface area contributed by atoms with Crippen molar-refractivity contribution in [2.45, 2.75) is 70.3 Å². The normalized spacial score (nSPS) is 16.8. The third-order valence-corrected chi connectivity index (χ3v) is 8.59. The van der Waals surface area contributed by atoms with Crippen LogP contribution in [0.15, 0.2) is 66.9 Å². The molecule has 0 spiro atoms. The van der Waals surface area contributed by atoms with E-state index in [2.05, 4.69) is 21.4 Å². The number of aromatic nitrogens is 1. The first kappa shape index (κ1) is 33.3. The predicted molar refractivity (Wildman–Crippen MR) is 161 cm³/mol. The van der Waals surface area contributed by atoms with E-state index in [4.69, 9.17) is 0 Å². The number of pyridine rings is 1. The molecular weight excluding hydrogens is 611 g/mol. The third kappa shape index (κ3) is 7.65. The van der Waals surface area contributed by atoms with Gasteiger partial charge in [0, 0.05) is 23.4 Å². The summed E-state index contributed by atoms with van der Waals surface area (Å²) < 4.78 is 110. The maximum Gasteiger partial charge on any atom is 0.432 e. The Bertz CT molecular complexity index is 1610. The first-order valence-electron chi connectivity index (χ1n) is 15.4. The van der Waals surface area contributed by atoms with Gasteiger partial charge in [0.25, 0.3) is 0 Å². The van der Waals surface area contributed by atoms with Gasteiger partial charge in [-0.25, -0.2) is 22.0 Å². The Labute approximate surface area is 263 Å². The lowest BCUT2D eigenvalue weighted by atomic mass is 9.77. The predicted octanol–water partition coefficient (Wildman–Crippen LogP) is 11.3. The second kappa shape index (κ2) is 14.6. The summed E-state index contributed by atoms with van der Waals surface area (Å²) in [7, 11) is 0. The molecule has 0 atom stereocenters. The minimum atomic E-state index is -4.57. The molecule has 3 nitrogen and oxygen atoms in total. The SMILES string of the molecule is CCCCCC1CCC(c2ccc(-c3ccc(-c4cc(F)c(C(F)(F)Oc5ccc(OCF)c(F)c5)c(F)c4)c(F)c3)nc2)CC1. The Morgan fingerprint density at radius 3 is 2.11 bits per heavy atom. The summed E-state index contributed by atoms with van der Waals surface area (Å²) >= 11 is 0. The van der Waals surface area contributed by atoms with Gasteiger partial charge in [0.1, 0.15) is 28.8 Å². The highest BCUT2D eigenvalue weighted by Crippen LogP contribution is 2.40. The smallest absolute Gasteiger partial charge is 0.432 e. The van der Waals surface area contributed by atoms with E-state index in [9.17, 15) is 26.3 Å². The lowest BCUT2D eigenvalue weighted by Crippen LogP contribution is -2.25. The summed E-state index contributed by atoms with van der Waals surface area (Å²) in [6, 6.07) is 11.1. The van der Waals surface area contributed by atoms with Gasteiger partial charge in [0.15, 0.2) is 11.6 Å². The van der Waals surface area contributed by atoms with E-state index in [1.165, 1.54) is 56.7 Å². The quantitative estimate of drug-likeness (QED) is 0.113. The third-order valence-electron chi connectivity index (χ3n) is 8.59. The van der Waals surface area contributed by atoms with Gasteiger partial charge in [-0.05, 0) is 85.0 Å². The molecule has 244 valence electrons. The first-order chi connectivity index (χ1) is 22.1. The molecule has 1 aliphatic carbocycles. The van der Waals surface area contributed by atoms with E-state index in [1.807, 2.05) is 18.3 Å². The van der Waals surface area contributed by atoms with Crippen molar-refractivity contribution in [3.63, 3.8) is 0 Å². The van der Waals surface area contributed by atoms with Crippen LogP contribution in [-0.2, 0) is 6.11 Å². The van der Waals surface area contributed by atoms with Gasteiger partial charge in [-0.2, -0.15) is 8.78 Å². The van der Waals surface area contributed by atoms with Crippen molar-refractivity contribution in [1.82, 2.24) is 4.98 Å². The summed E-state index contributed by atoms with van der Waals surface area (Å²) in [5.41, 5.74) is -0.159. The molecule has 1 fully saturated rings. The van der Waals surface area contributed by atoms with Gasteiger partial charge in [-0.15, -0.1) is 0 Å². The Hall–Kier alpha value is -4.08. The van der Waals surface area contributed by atoms with Gasteiger partial charge in [0.05, 0.1) is 5.69 Å². The lowest BCUT2D eigenvalue weighted by Gasteiger charge is -2.28. The maximum atomic E-state index is 15.2. The average molecular weight is 646 g/mol. The Morgan fingerprint density at radius 1 is 0.783 bits per heavy atom. The Balaban J connectivity index is 1.28. The number of hydrogen-bond donors (Lipinski definition) is 0. The van der Waals surface area contributed by atoms with Crippen molar-refractivity contribution >= 4 is 0 Å². The second-order valence-electron chi connectivity index (χ2n) is 11.7. The van der Waals surface area contributed by atoms with Crippen molar-refractivity contribution in [2.24, 2.45) is 5.92 Å². The minimum absolute atomic E-state index is 0.213. The first-order valence-corrected chi connectivity index (χ1v) is 15.4.